The van der Waals surface area contributed by atoms with Gasteiger partial charge in [0.1, 0.15) is 26.9 Å². The standard InChI is InChI=1S/C34H26N4O12S3/c1-17-11-19(7-9-25(17)35-37-27-16-29(52(45,46)47)23-5-3-4-6-24(23)33(27)40)20-8-10-26(18(2)12-20)36-38-32-30(53(48,49)50)14-21-13-22(51(42,43)44)15-28(39)31(21)34(32)41/h3-16,39-41H,1-2H3,(H,42,43,44)(H,45,46,47)(H,48,49,50). The second kappa shape index (κ2) is 13.3. The van der Waals surface area contributed by atoms with Crippen LogP contribution in [-0.2, 0) is 30.4 Å². The highest BCUT2D eigenvalue weighted by Crippen LogP contribution is 2.46. The highest BCUT2D eigenvalue weighted by molar-refractivity contribution is 7.86. The Hall–Kier alpha value is -5.83. The van der Waals surface area contributed by atoms with Crippen LogP contribution < -0.4 is 0 Å². The molecule has 272 valence electrons. The minimum Gasteiger partial charge on any atom is -0.507 e. The van der Waals surface area contributed by atoms with Crippen LogP contribution in [0.4, 0.5) is 22.7 Å². The third-order valence-corrected chi connectivity index (χ3v) is 10.8. The van der Waals surface area contributed by atoms with E-state index in [0.717, 1.165) is 23.8 Å². The van der Waals surface area contributed by atoms with Crippen molar-refractivity contribution in [3.8, 4) is 28.4 Å². The topological polar surface area (TPSA) is 273 Å². The molecule has 0 heterocycles. The molecule has 0 fully saturated rings. The van der Waals surface area contributed by atoms with Crippen molar-refractivity contribution in [2.75, 3.05) is 0 Å². The van der Waals surface area contributed by atoms with Gasteiger partial charge in [0.2, 0.25) is 0 Å². The number of benzene rings is 6. The van der Waals surface area contributed by atoms with Crippen molar-refractivity contribution >= 4 is 74.6 Å². The van der Waals surface area contributed by atoms with Crippen LogP contribution in [-0.4, -0.2) is 54.2 Å². The summed E-state index contributed by atoms with van der Waals surface area (Å²) in [6.45, 7) is 3.43. The molecule has 0 aliphatic rings. The predicted octanol–water partition coefficient (Wildman–Crippen LogP) is 7.96. The zero-order valence-corrected chi connectivity index (χ0v) is 29.7. The summed E-state index contributed by atoms with van der Waals surface area (Å²) in [6.07, 6.45) is 0. The van der Waals surface area contributed by atoms with Gasteiger partial charge in [0.05, 0.1) is 21.7 Å². The molecule has 6 rings (SSSR count). The zero-order chi connectivity index (χ0) is 38.6. The van der Waals surface area contributed by atoms with Gasteiger partial charge >= 0.3 is 0 Å². The number of fused-ring (bicyclic) bond motifs is 2. The van der Waals surface area contributed by atoms with Crippen LogP contribution in [0.3, 0.4) is 0 Å². The van der Waals surface area contributed by atoms with Crippen molar-refractivity contribution in [2.24, 2.45) is 20.5 Å². The molecule has 6 N–H and O–H groups in total. The molecular formula is C34H26N4O12S3. The van der Waals surface area contributed by atoms with Gasteiger partial charge in [-0.3, -0.25) is 13.7 Å². The molecular weight excluding hydrogens is 753 g/mol. The van der Waals surface area contributed by atoms with Gasteiger partial charge in [0.15, 0.2) is 11.5 Å². The van der Waals surface area contributed by atoms with Crippen LogP contribution in [0, 0.1) is 13.8 Å². The molecule has 0 atom stereocenters. The molecule has 0 spiro atoms. The predicted molar refractivity (Wildman–Crippen MR) is 192 cm³/mol. The van der Waals surface area contributed by atoms with E-state index in [9.17, 15) is 54.2 Å². The van der Waals surface area contributed by atoms with Gasteiger partial charge in [-0.05, 0) is 84.0 Å². The summed E-state index contributed by atoms with van der Waals surface area (Å²) in [7, 11) is -14.6. The highest BCUT2D eigenvalue weighted by atomic mass is 32.2. The largest absolute Gasteiger partial charge is 0.507 e. The van der Waals surface area contributed by atoms with Crippen LogP contribution >= 0.6 is 0 Å². The zero-order valence-electron chi connectivity index (χ0n) is 27.2. The van der Waals surface area contributed by atoms with Crippen molar-refractivity contribution < 1.29 is 54.2 Å². The first-order valence-electron chi connectivity index (χ1n) is 15.0. The normalized spacial score (nSPS) is 12.8. The summed E-state index contributed by atoms with van der Waals surface area (Å²) in [5.74, 6) is -2.08. The Labute approximate surface area is 301 Å². The van der Waals surface area contributed by atoms with E-state index in [0.29, 0.717) is 28.4 Å². The van der Waals surface area contributed by atoms with Crippen molar-refractivity contribution in [2.45, 2.75) is 28.5 Å². The maximum atomic E-state index is 12.2. The molecule has 0 aliphatic carbocycles. The minimum atomic E-state index is -5.08. The van der Waals surface area contributed by atoms with E-state index in [1.54, 1.807) is 62.4 Å². The quantitative estimate of drug-likeness (QED) is 0.0634. The Morgan fingerprint density at radius 2 is 1.04 bits per heavy atom. The molecule has 0 unspecified atom stereocenters. The fourth-order valence-electron chi connectivity index (χ4n) is 5.59. The van der Waals surface area contributed by atoms with Gasteiger partial charge in [0.25, 0.3) is 30.4 Å². The molecule has 0 amide bonds. The molecule has 0 aliphatic heterocycles. The third kappa shape index (κ3) is 7.29. The average molecular weight is 779 g/mol. The highest BCUT2D eigenvalue weighted by Gasteiger charge is 2.25. The SMILES string of the molecule is Cc1cc(-c2ccc(N=Nc3c(S(=O)(=O)O)cc4cc(S(=O)(=O)O)cc(O)c4c3O)c(C)c2)ccc1N=Nc1cc(S(=O)(=O)O)c2ccccc2c1O. The first kappa shape index (κ1) is 36.9. The lowest BCUT2D eigenvalue weighted by molar-refractivity contribution is 0.457. The number of aryl methyl sites for hydroxylation is 2. The van der Waals surface area contributed by atoms with E-state index in [1.165, 1.54) is 12.1 Å². The fraction of sp³-hybridized carbons (Fsp3) is 0.0588. The first-order chi connectivity index (χ1) is 24.7. The Morgan fingerprint density at radius 3 is 1.57 bits per heavy atom. The smallest absolute Gasteiger partial charge is 0.296 e. The summed E-state index contributed by atoms with van der Waals surface area (Å²) < 4.78 is 101. The second-order valence-corrected chi connectivity index (χ2v) is 15.9. The van der Waals surface area contributed by atoms with Crippen molar-refractivity contribution in [1.29, 1.82) is 0 Å². The minimum absolute atomic E-state index is 0.115. The summed E-state index contributed by atoms with van der Waals surface area (Å²) >= 11 is 0. The van der Waals surface area contributed by atoms with E-state index in [-0.39, 0.29) is 33.3 Å². The Balaban J connectivity index is 1.31. The summed E-state index contributed by atoms with van der Waals surface area (Å²) in [5.41, 5.74) is 2.33. The van der Waals surface area contributed by atoms with Crippen molar-refractivity contribution in [1.82, 2.24) is 0 Å². The molecule has 0 aromatic heterocycles. The number of hydrogen-bond donors (Lipinski definition) is 6. The number of aromatic hydroxyl groups is 3. The lowest BCUT2D eigenvalue weighted by Crippen LogP contribution is -2.01. The van der Waals surface area contributed by atoms with Crippen LogP contribution in [0.25, 0.3) is 32.7 Å². The average Bonchev–Trinajstić information content (AvgIpc) is 3.06. The Kier molecular flexibility index (Phi) is 9.27. The van der Waals surface area contributed by atoms with E-state index < -0.39 is 67.6 Å². The van der Waals surface area contributed by atoms with Crippen LogP contribution in [0.2, 0.25) is 0 Å². The molecule has 0 saturated carbocycles. The molecule has 53 heavy (non-hydrogen) atoms. The lowest BCUT2D eigenvalue weighted by Gasteiger charge is -2.11. The maximum absolute atomic E-state index is 12.2. The van der Waals surface area contributed by atoms with E-state index >= 15 is 0 Å². The number of nitrogens with zero attached hydrogens (tertiary/aromatic N) is 4. The molecule has 6 aromatic carbocycles. The fourth-order valence-corrected chi connectivity index (χ4v) is 7.50. The van der Waals surface area contributed by atoms with Crippen LogP contribution in [0.1, 0.15) is 11.1 Å². The van der Waals surface area contributed by atoms with E-state index in [2.05, 4.69) is 20.5 Å². The van der Waals surface area contributed by atoms with Gasteiger partial charge < -0.3 is 15.3 Å². The number of phenolic OH excluding ortho intramolecular Hbond substituents is 3. The number of phenols is 3. The van der Waals surface area contributed by atoms with Gasteiger partial charge in [0, 0.05) is 16.8 Å². The number of hydrogen-bond acceptors (Lipinski definition) is 13. The summed E-state index contributed by atoms with van der Waals surface area (Å²) in [5, 5.41) is 47.7. The maximum Gasteiger partial charge on any atom is 0.296 e. The lowest BCUT2D eigenvalue weighted by atomic mass is 10.0. The second-order valence-electron chi connectivity index (χ2n) is 11.7. The Morgan fingerprint density at radius 1 is 0.509 bits per heavy atom. The van der Waals surface area contributed by atoms with E-state index in [1.807, 2.05) is 0 Å². The van der Waals surface area contributed by atoms with Gasteiger partial charge in [-0.25, -0.2) is 0 Å². The van der Waals surface area contributed by atoms with Crippen LogP contribution in [0.15, 0.2) is 120 Å². The van der Waals surface area contributed by atoms with Crippen molar-refractivity contribution in [3.05, 3.63) is 96.1 Å². The van der Waals surface area contributed by atoms with Gasteiger partial charge in [-0.1, -0.05) is 36.4 Å². The molecule has 0 bridgehead atoms. The van der Waals surface area contributed by atoms with Crippen LogP contribution in [0.5, 0.6) is 17.2 Å². The molecule has 16 nitrogen and oxygen atoms in total. The van der Waals surface area contributed by atoms with E-state index in [4.69, 9.17) is 0 Å². The molecule has 0 radical (unpaired) electrons. The monoisotopic (exact) mass is 778 g/mol. The molecule has 0 saturated heterocycles. The summed E-state index contributed by atoms with van der Waals surface area (Å²) in [6, 6.07) is 19.4. The number of azo groups is 2. The third-order valence-electron chi connectivity index (χ3n) is 8.16. The summed E-state index contributed by atoms with van der Waals surface area (Å²) in [4.78, 5) is -2.18. The van der Waals surface area contributed by atoms with Crippen molar-refractivity contribution in [3.63, 3.8) is 0 Å². The van der Waals surface area contributed by atoms with Gasteiger partial charge in [-0.2, -0.15) is 35.5 Å². The number of rotatable bonds is 8. The first-order valence-corrected chi connectivity index (χ1v) is 19.3. The molecule has 6 aromatic rings. The Bertz CT molecular complexity index is 2930. The van der Waals surface area contributed by atoms with Gasteiger partial charge in [-0.15, -0.1) is 10.2 Å². The molecule has 19 heteroatoms.